The van der Waals surface area contributed by atoms with E-state index in [4.69, 9.17) is 11.5 Å². The van der Waals surface area contributed by atoms with Crippen LogP contribution in [0.2, 0.25) is 0 Å². The van der Waals surface area contributed by atoms with Crippen LogP contribution in [0.3, 0.4) is 0 Å². The molecule has 0 bridgehead atoms. The van der Waals surface area contributed by atoms with Crippen molar-refractivity contribution in [3.05, 3.63) is 47.5 Å². The summed E-state index contributed by atoms with van der Waals surface area (Å²) < 4.78 is 135. The smallest absolute Gasteiger partial charge is 0.342 e. The van der Waals surface area contributed by atoms with Crippen LogP contribution in [-0.2, 0) is 11.8 Å². The summed E-state index contributed by atoms with van der Waals surface area (Å²) in [5.74, 6) is -20.4. The van der Waals surface area contributed by atoms with Gasteiger partial charge >= 0.3 is 23.7 Å². The average Bonchev–Trinajstić information content (AvgIpc) is 2.68. The van der Waals surface area contributed by atoms with Gasteiger partial charge in [0.05, 0.1) is 11.1 Å². The molecule has 30 heavy (non-hydrogen) atoms. The van der Waals surface area contributed by atoms with Crippen LogP contribution in [0, 0.1) is 0 Å². The van der Waals surface area contributed by atoms with Crippen LogP contribution >= 0.6 is 0 Å². The Labute approximate surface area is 163 Å². The lowest BCUT2D eigenvalue weighted by Crippen LogP contribution is -2.40. The van der Waals surface area contributed by atoms with Crippen molar-refractivity contribution in [3.63, 3.8) is 0 Å². The molecule has 2 aromatic carbocycles. The molecule has 12 heteroatoms. The van der Waals surface area contributed by atoms with Crippen LogP contribution in [0.1, 0.15) is 11.1 Å². The molecule has 2 aromatic rings. The highest BCUT2D eigenvalue weighted by Crippen LogP contribution is 2.48. The molecule has 0 radical (unpaired) electrons. The zero-order chi connectivity index (χ0) is 23.1. The van der Waals surface area contributed by atoms with Crippen LogP contribution in [0.5, 0.6) is 0 Å². The van der Waals surface area contributed by atoms with Crippen molar-refractivity contribution >= 4 is 11.4 Å². The topological polar surface area (TPSA) is 52.0 Å². The molecule has 0 spiro atoms. The number of anilines is 2. The first kappa shape index (κ1) is 23.6. The molecule has 0 amide bonds. The van der Waals surface area contributed by atoms with Gasteiger partial charge in [-0.15, -0.1) is 0 Å². The molecule has 0 aliphatic carbocycles. The number of nitrogens with two attached hydrogens (primary N) is 2. The molecule has 2 rings (SSSR count). The van der Waals surface area contributed by atoms with E-state index in [-0.39, 0.29) is 0 Å². The van der Waals surface area contributed by atoms with Crippen molar-refractivity contribution < 1.29 is 43.9 Å². The third-order valence-corrected chi connectivity index (χ3v) is 4.37. The van der Waals surface area contributed by atoms with Crippen LogP contribution in [0.15, 0.2) is 36.4 Å². The molecule has 0 fully saturated rings. The van der Waals surface area contributed by atoms with Gasteiger partial charge in [-0.3, -0.25) is 0 Å². The monoisotopic (exact) mass is 448 g/mol. The predicted octanol–water partition coefficient (Wildman–Crippen LogP) is 5.91. The second kappa shape index (κ2) is 7.55. The molecule has 2 nitrogen and oxygen atoms in total. The molecule has 0 aliphatic rings. The number of nitrogen functional groups attached to an aromatic ring is 2. The Morgan fingerprint density at radius 2 is 0.867 bits per heavy atom. The summed E-state index contributed by atoms with van der Waals surface area (Å²) in [4.78, 5) is 0. The van der Waals surface area contributed by atoms with Gasteiger partial charge in [-0.1, -0.05) is 12.1 Å². The number of hydrogen-bond acceptors (Lipinski definition) is 2. The van der Waals surface area contributed by atoms with Crippen molar-refractivity contribution in [2.75, 3.05) is 24.8 Å². The molecule has 4 N–H and O–H groups in total. The number of alkyl halides is 10. The van der Waals surface area contributed by atoms with E-state index in [1.807, 2.05) is 0 Å². The van der Waals surface area contributed by atoms with Crippen LogP contribution in [0.25, 0.3) is 11.1 Å². The van der Waals surface area contributed by atoms with Crippen molar-refractivity contribution in [1.29, 1.82) is 0 Å². The number of rotatable bonds is 7. The van der Waals surface area contributed by atoms with E-state index in [2.05, 4.69) is 0 Å². The second-order valence-corrected chi connectivity index (χ2v) is 6.43. The largest absolute Gasteiger partial charge is 0.398 e. The Morgan fingerprint density at radius 3 is 1.13 bits per heavy atom. The number of hydrogen-bond donors (Lipinski definition) is 2. The first-order valence-corrected chi connectivity index (χ1v) is 8.06. The van der Waals surface area contributed by atoms with Gasteiger partial charge in [0.1, 0.15) is 0 Å². The minimum absolute atomic E-state index is 0.389. The van der Waals surface area contributed by atoms with Gasteiger partial charge in [0.25, 0.3) is 0 Å². The zero-order valence-electron chi connectivity index (χ0n) is 14.8. The molecule has 0 saturated heterocycles. The van der Waals surface area contributed by atoms with Crippen molar-refractivity contribution in [2.45, 2.75) is 23.7 Å². The number of benzene rings is 2. The molecular formula is C18H14F10N2. The minimum Gasteiger partial charge on any atom is -0.398 e. The molecule has 0 atom stereocenters. The summed E-state index contributed by atoms with van der Waals surface area (Å²) >= 11 is 0. The normalized spacial score (nSPS) is 13.5. The van der Waals surface area contributed by atoms with Gasteiger partial charge in [-0.25, -0.2) is 8.78 Å². The van der Waals surface area contributed by atoms with Gasteiger partial charge < -0.3 is 11.5 Å². The van der Waals surface area contributed by atoms with Gasteiger partial charge in [0.15, 0.2) is 13.3 Å². The highest BCUT2D eigenvalue weighted by atomic mass is 19.3. The quantitative estimate of drug-likeness (QED) is 0.409. The maximum atomic E-state index is 14.1. The standard InChI is InChI=1S/C18H14F10N2/c19-7-15(21,22)17(25,26)11-5-9(1-3-13(11)29)10-2-4-14(30)12(6-10)18(27,28)16(23,24)8-20/h1-6H,7-8,29-30H2. The van der Waals surface area contributed by atoms with E-state index in [0.717, 1.165) is 24.3 Å². The van der Waals surface area contributed by atoms with Crippen LogP contribution in [-0.4, -0.2) is 25.2 Å². The fourth-order valence-corrected chi connectivity index (χ4v) is 2.58. The fourth-order valence-electron chi connectivity index (χ4n) is 2.58. The molecule has 0 aliphatic heterocycles. The molecule has 166 valence electrons. The third-order valence-electron chi connectivity index (χ3n) is 4.37. The molecule has 0 saturated carbocycles. The van der Waals surface area contributed by atoms with E-state index in [0.29, 0.717) is 12.1 Å². The fraction of sp³-hybridized carbons (Fsp3) is 0.333. The van der Waals surface area contributed by atoms with Gasteiger partial charge in [0, 0.05) is 11.4 Å². The van der Waals surface area contributed by atoms with Crippen LogP contribution < -0.4 is 11.5 Å². The van der Waals surface area contributed by atoms with Gasteiger partial charge in [0.2, 0.25) is 0 Å². The van der Waals surface area contributed by atoms with E-state index in [1.165, 1.54) is 0 Å². The lowest BCUT2D eigenvalue weighted by Gasteiger charge is -2.27. The van der Waals surface area contributed by atoms with E-state index >= 15 is 0 Å². The minimum atomic E-state index is -5.12. The van der Waals surface area contributed by atoms with E-state index in [1.54, 1.807) is 0 Å². The maximum absolute atomic E-state index is 14.1. The summed E-state index contributed by atoms with van der Waals surface area (Å²) in [5, 5.41) is 0. The summed E-state index contributed by atoms with van der Waals surface area (Å²) in [5.41, 5.74) is 5.07. The molecular weight excluding hydrogens is 434 g/mol. The Hall–Kier alpha value is -2.66. The Kier molecular flexibility index (Phi) is 5.94. The lowest BCUT2D eigenvalue weighted by atomic mass is 9.93. The summed E-state index contributed by atoms with van der Waals surface area (Å²) in [6, 6.07) is 4.17. The molecule has 0 unspecified atom stereocenters. The summed E-state index contributed by atoms with van der Waals surface area (Å²) in [7, 11) is 0. The summed E-state index contributed by atoms with van der Waals surface area (Å²) in [6.07, 6.45) is 0. The zero-order valence-corrected chi connectivity index (χ0v) is 14.8. The first-order valence-electron chi connectivity index (χ1n) is 8.06. The number of halogens is 10. The maximum Gasteiger partial charge on any atom is 0.342 e. The predicted molar refractivity (Wildman–Crippen MR) is 90.3 cm³/mol. The molecule has 0 aromatic heterocycles. The van der Waals surface area contributed by atoms with Gasteiger partial charge in [-0.2, -0.15) is 35.1 Å². The first-order chi connectivity index (χ1) is 13.6. The lowest BCUT2D eigenvalue weighted by molar-refractivity contribution is -0.222. The van der Waals surface area contributed by atoms with E-state index < -0.39 is 70.7 Å². The average molecular weight is 448 g/mol. The third kappa shape index (κ3) is 3.74. The Morgan fingerprint density at radius 1 is 0.567 bits per heavy atom. The highest BCUT2D eigenvalue weighted by Gasteiger charge is 2.59. The SMILES string of the molecule is Nc1ccc(-c2ccc(N)c(C(F)(F)C(F)(F)CF)c2)cc1C(F)(F)C(F)(F)CF. The van der Waals surface area contributed by atoms with Crippen LogP contribution in [0.4, 0.5) is 55.3 Å². The van der Waals surface area contributed by atoms with Gasteiger partial charge in [-0.05, 0) is 35.4 Å². The second-order valence-electron chi connectivity index (χ2n) is 6.43. The van der Waals surface area contributed by atoms with Crippen molar-refractivity contribution in [3.8, 4) is 11.1 Å². The Bertz CT molecular complexity index is 852. The van der Waals surface area contributed by atoms with Crippen molar-refractivity contribution in [2.24, 2.45) is 0 Å². The van der Waals surface area contributed by atoms with E-state index in [9.17, 15) is 43.9 Å². The Balaban J connectivity index is 2.65. The highest BCUT2D eigenvalue weighted by molar-refractivity contribution is 5.72. The molecule has 0 heterocycles. The summed E-state index contributed by atoms with van der Waals surface area (Å²) in [6.45, 7) is -5.42. The van der Waals surface area contributed by atoms with Crippen molar-refractivity contribution in [1.82, 2.24) is 0 Å².